The lowest BCUT2D eigenvalue weighted by atomic mass is 10.0. The van der Waals surface area contributed by atoms with Gasteiger partial charge < -0.3 is 15.4 Å². The monoisotopic (exact) mass is 274 g/mol. The summed E-state index contributed by atoms with van der Waals surface area (Å²) in [5.74, 6) is -0.863. The Labute approximate surface area is 119 Å². The molecule has 2 rings (SSSR count). The summed E-state index contributed by atoms with van der Waals surface area (Å²) >= 11 is 0. The minimum Gasteiger partial charge on any atom is -0.478 e. The van der Waals surface area contributed by atoms with E-state index in [4.69, 9.17) is 5.73 Å². The van der Waals surface area contributed by atoms with Crippen LogP contribution in [0.15, 0.2) is 24.4 Å². The second kappa shape index (κ2) is 6.57. The van der Waals surface area contributed by atoms with Gasteiger partial charge in [-0.3, -0.25) is 0 Å². The lowest BCUT2D eigenvalue weighted by Gasteiger charge is -2.04. The molecule has 2 aromatic rings. The van der Waals surface area contributed by atoms with Crippen molar-refractivity contribution in [3.8, 4) is 0 Å². The Morgan fingerprint density at radius 3 is 2.80 bits per heavy atom. The van der Waals surface area contributed by atoms with Gasteiger partial charge in [0.05, 0.1) is 5.56 Å². The van der Waals surface area contributed by atoms with Crippen LogP contribution in [-0.4, -0.2) is 22.2 Å². The van der Waals surface area contributed by atoms with Gasteiger partial charge >= 0.3 is 5.97 Å². The number of unbranched alkanes of at least 4 members (excludes halogenated alkanes) is 1. The predicted molar refractivity (Wildman–Crippen MR) is 81.2 cm³/mol. The number of aryl methyl sites for hydroxylation is 2. The summed E-state index contributed by atoms with van der Waals surface area (Å²) in [6.07, 6.45) is 6.02. The first-order valence-electron chi connectivity index (χ1n) is 7.23. The van der Waals surface area contributed by atoms with Crippen molar-refractivity contribution in [2.24, 2.45) is 5.73 Å². The average Bonchev–Trinajstić information content (AvgIpc) is 2.80. The Hall–Kier alpha value is -1.81. The normalized spacial score (nSPS) is 11.1. The first kappa shape index (κ1) is 14.6. The summed E-state index contributed by atoms with van der Waals surface area (Å²) in [7, 11) is 0. The molecule has 0 saturated carbocycles. The maximum absolute atomic E-state index is 11.4. The van der Waals surface area contributed by atoms with Gasteiger partial charge in [-0.05, 0) is 43.5 Å². The highest BCUT2D eigenvalue weighted by atomic mass is 16.4. The first-order valence-corrected chi connectivity index (χ1v) is 7.23. The number of nitrogens with zero attached hydrogens (tertiary/aromatic N) is 1. The first-order chi connectivity index (χ1) is 9.69. The molecule has 1 aromatic carbocycles. The highest BCUT2D eigenvalue weighted by molar-refractivity contribution is 6.04. The van der Waals surface area contributed by atoms with Gasteiger partial charge in [0, 0.05) is 23.6 Å². The van der Waals surface area contributed by atoms with E-state index in [0.717, 1.165) is 48.7 Å². The van der Waals surface area contributed by atoms with E-state index >= 15 is 0 Å². The number of nitrogens with two attached hydrogens (primary N) is 1. The molecular weight excluding hydrogens is 252 g/mol. The minimum absolute atomic E-state index is 0.393. The molecule has 0 fully saturated rings. The molecule has 1 aromatic heterocycles. The summed E-state index contributed by atoms with van der Waals surface area (Å²) < 4.78 is 2.18. The van der Waals surface area contributed by atoms with Crippen molar-refractivity contribution in [2.45, 2.75) is 39.2 Å². The zero-order valence-electron chi connectivity index (χ0n) is 11.9. The maximum Gasteiger partial charge on any atom is 0.336 e. The molecule has 1 heterocycles. The van der Waals surface area contributed by atoms with Crippen LogP contribution in [0.2, 0.25) is 0 Å². The Morgan fingerprint density at radius 1 is 1.35 bits per heavy atom. The number of fused-ring (bicyclic) bond motifs is 1. The van der Waals surface area contributed by atoms with Gasteiger partial charge in [0.1, 0.15) is 0 Å². The van der Waals surface area contributed by atoms with Gasteiger partial charge in [-0.2, -0.15) is 0 Å². The van der Waals surface area contributed by atoms with E-state index in [9.17, 15) is 9.90 Å². The molecule has 0 unspecified atom stereocenters. The Balaban J connectivity index is 2.54. The summed E-state index contributed by atoms with van der Waals surface area (Å²) in [6, 6.07) is 5.51. The van der Waals surface area contributed by atoms with Crippen LogP contribution >= 0.6 is 0 Å². The lowest BCUT2D eigenvalue weighted by Crippen LogP contribution is -2.01. The van der Waals surface area contributed by atoms with E-state index in [-0.39, 0.29) is 0 Å². The third-order valence-electron chi connectivity index (χ3n) is 3.62. The third kappa shape index (κ3) is 2.85. The maximum atomic E-state index is 11.4. The van der Waals surface area contributed by atoms with Crippen molar-refractivity contribution in [1.29, 1.82) is 0 Å². The molecule has 0 saturated heterocycles. The van der Waals surface area contributed by atoms with E-state index in [0.29, 0.717) is 12.1 Å². The van der Waals surface area contributed by atoms with Crippen LogP contribution in [-0.2, 0) is 13.0 Å². The van der Waals surface area contributed by atoms with Crippen molar-refractivity contribution < 1.29 is 9.90 Å². The molecule has 0 radical (unpaired) electrons. The fourth-order valence-corrected chi connectivity index (χ4v) is 2.61. The molecule has 0 aliphatic heterocycles. The summed E-state index contributed by atoms with van der Waals surface area (Å²) in [4.78, 5) is 11.4. The van der Waals surface area contributed by atoms with Gasteiger partial charge in [0.2, 0.25) is 0 Å². The van der Waals surface area contributed by atoms with Crippen molar-refractivity contribution >= 4 is 16.9 Å². The molecule has 108 valence electrons. The molecular formula is C16H22N2O2. The average molecular weight is 274 g/mol. The van der Waals surface area contributed by atoms with Crippen LogP contribution in [0.1, 0.15) is 42.1 Å². The molecule has 0 amide bonds. The SMILES string of the molecule is CCCCn1cc(CCCN)c2c(C(=O)O)cccc21. The fourth-order valence-electron chi connectivity index (χ4n) is 2.61. The van der Waals surface area contributed by atoms with Crippen LogP contribution in [0.4, 0.5) is 0 Å². The molecule has 20 heavy (non-hydrogen) atoms. The minimum atomic E-state index is -0.863. The zero-order chi connectivity index (χ0) is 14.5. The quantitative estimate of drug-likeness (QED) is 0.815. The van der Waals surface area contributed by atoms with Crippen molar-refractivity contribution in [2.75, 3.05) is 6.54 Å². The Bertz CT molecular complexity index is 602. The number of hydrogen-bond acceptors (Lipinski definition) is 2. The number of rotatable bonds is 7. The fraction of sp³-hybridized carbons (Fsp3) is 0.438. The molecule has 0 atom stereocenters. The smallest absolute Gasteiger partial charge is 0.336 e. The van der Waals surface area contributed by atoms with Crippen LogP contribution < -0.4 is 5.73 Å². The summed E-state index contributed by atoms with van der Waals surface area (Å²) in [6.45, 7) is 3.71. The standard InChI is InChI=1S/C16H22N2O2/c1-2-3-10-18-11-12(6-5-9-17)15-13(16(19)20)7-4-8-14(15)18/h4,7-8,11H,2-3,5-6,9-10,17H2,1H3,(H,19,20). The predicted octanol–water partition coefficient (Wildman–Crippen LogP) is 3.03. The van der Waals surface area contributed by atoms with Crippen LogP contribution in [0.5, 0.6) is 0 Å². The second-order valence-electron chi connectivity index (χ2n) is 5.10. The zero-order valence-corrected chi connectivity index (χ0v) is 11.9. The van der Waals surface area contributed by atoms with Crippen molar-refractivity contribution in [1.82, 2.24) is 4.57 Å². The molecule has 0 aliphatic rings. The van der Waals surface area contributed by atoms with Crippen molar-refractivity contribution in [3.63, 3.8) is 0 Å². The largest absolute Gasteiger partial charge is 0.478 e. The van der Waals surface area contributed by atoms with Crippen LogP contribution in [0.3, 0.4) is 0 Å². The van der Waals surface area contributed by atoms with Crippen LogP contribution in [0.25, 0.3) is 10.9 Å². The van der Waals surface area contributed by atoms with Gasteiger partial charge in [-0.15, -0.1) is 0 Å². The van der Waals surface area contributed by atoms with Gasteiger partial charge in [-0.1, -0.05) is 19.4 Å². The molecule has 0 bridgehead atoms. The van der Waals surface area contributed by atoms with E-state index in [1.165, 1.54) is 0 Å². The number of benzene rings is 1. The highest BCUT2D eigenvalue weighted by Crippen LogP contribution is 2.27. The summed E-state index contributed by atoms with van der Waals surface area (Å²) in [5.41, 5.74) is 8.09. The van der Waals surface area contributed by atoms with E-state index < -0.39 is 5.97 Å². The van der Waals surface area contributed by atoms with E-state index in [2.05, 4.69) is 17.7 Å². The highest BCUT2D eigenvalue weighted by Gasteiger charge is 2.15. The summed E-state index contributed by atoms with van der Waals surface area (Å²) in [5, 5.41) is 10.3. The number of aromatic carboxylic acids is 1. The van der Waals surface area contributed by atoms with E-state index in [1.807, 2.05) is 12.1 Å². The van der Waals surface area contributed by atoms with Gasteiger partial charge in [0.25, 0.3) is 0 Å². The van der Waals surface area contributed by atoms with Gasteiger partial charge in [-0.25, -0.2) is 4.79 Å². The van der Waals surface area contributed by atoms with Crippen LogP contribution in [0, 0.1) is 0 Å². The number of aromatic nitrogens is 1. The number of carbonyl (C=O) groups is 1. The molecule has 0 spiro atoms. The molecule has 4 nitrogen and oxygen atoms in total. The number of hydrogen-bond donors (Lipinski definition) is 2. The number of carboxylic acid groups (broad SMARTS) is 1. The molecule has 0 aliphatic carbocycles. The molecule has 3 N–H and O–H groups in total. The third-order valence-corrected chi connectivity index (χ3v) is 3.62. The molecule has 4 heteroatoms. The number of carboxylic acids is 1. The van der Waals surface area contributed by atoms with Gasteiger partial charge in [0.15, 0.2) is 0 Å². The topological polar surface area (TPSA) is 68.2 Å². The Morgan fingerprint density at radius 2 is 2.15 bits per heavy atom. The van der Waals surface area contributed by atoms with Crippen molar-refractivity contribution in [3.05, 3.63) is 35.5 Å². The lowest BCUT2D eigenvalue weighted by molar-refractivity contribution is 0.0699. The second-order valence-corrected chi connectivity index (χ2v) is 5.10. The van der Waals surface area contributed by atoms with E-state index in [1.54, 1.807) is 6.07 Å². The Kier molecular flexibility index (Phi) is 4.79.